The number of hydrogen-bond donors (Lipinski definition) is 0. The number of thiazole rings is 1. The molecule has 0 bridgehead atoms. The molecule has 1 fully saturated rings. The van der Waals surface area contributed by atoms with E-state index in [-0.39, 0.29) is 11.9 Å². The molecular weight excluding hydrogens is 304 g/mol. The van der Waals surface area contributed by atoms with Crippen LogP contribution in [-0.2, 0) is 0 Å². The fraction of sp³-hybridized carbons (Fsp3) is 0.571. The molecule has 1 saturated heterocycles. The molecule has 1 atom stereocenters. The van der Waals surface area contributed by atoms with E-state index in [1.54, 1.807) is 11.3 Å². The number of nitrogens with zero attached hydrogens (tertiary/aromatic N) is 4. The topological polar surface area (TPSA) is 39.7 Å². The van der Waals surface area contributed by atoms with Crippen LogP contribution in [0.25, 0.3) is 9.53 Å². The smallest absolute Gasteiger partial charge is 0.264 e. The Labute approximate surface area is 132 Å². The van der Waals surface area contributed by atoms with Gasteiger partial charge in [0.1, 0.15) is 4.83 Å². The van der Waals surface area contributed by atoms with Crippen LogP contribution < -0.4 is 4.90 Å². The van der Waals surface area contributed by atoms with Crippen molar-refractivity contribution in [1.82, 2.24) is 14.8 Å². The van der Waals surface area contributed by atoms with E-state index in [1.807, 2.05) is 30.0 Å². The summed E-state index contributed by atoms with van der Waals surface area (Å²) in [6.45, 7) is 4.80. The van der Waals surface area contributed by atoms with Gasteiger partial charge in [-0.05, 0) is 20.0 Å². The molecule has 21 heavy (non-hydrogen) atoms. The third-order valence-corrected chi connectivity index (χ3v) is 6.08. The number of piperazine rings is 1. The van der Waals surface area contributed by atoms with Gasteiger partial charge in [0.2, 0.25) is 0 Å². The first kappa shape index (κ1) is 14.7. The van der Waals surface area contributed by atoms with Crippen molar-refractivity contribution < 1.29 is 4.79 Å². The van der Waals surface area contributed by atoms with Crippen LogP contribution in [0.3, 0.4) is 0 Å². The average Bonchev–Trinajstić information content (AvgIpc) is 2.95. The van der Waals surface area contributed by atoms with E-state index < -0.39 is 0 Å². The molecule has 5 nitrogen and oxygen atoms in total. The summed E-state index contributed by atoms with van der Waals surface area (Å²) in [4.78, 5) is 25.3. The molecule has 0 saturated carbocycles. The third-order valence-electron chi connectivity index (χ3n) is 3.76. The molecule has 2 aromatic rings. The molecule has 3 heterocycles. The van der Waals surface area contributed by atoms with Gasteiger partial charge >= 0.3 is 0 Å². The number of likely N-dealkylation sites (N-methyl/N-ethyl adjacent to an activating group) is 1. The van der Waals surface area contributed by atoms with Crippen LogP contribution >= 0.6 is 22.7 Å². The number of thiophene rings is 1. The van der Waals surface area contributed by atoms with Gasteiger partial charge < -0.3 is 14.7 Å². The van der Waals surface area contributed by atoms with Crippen molar-refractivity contribution in [2.45, 2.75) is 13.0 Å². The monoisotopic (exact) mass is 324 g/mol. The van der Waals surface area contributed by atoms with Gasteiger partial charge in [0.15, 0.2) is 5.13 Å². The van der Waals surface area contributed by atoms with Crippen LogP contribution in [0.1, 0.15) is 16.6 Å². The van der Waals surface area contributed by atoms with E-state index in [9.17, 15) is 4.79 Å². The minimum Gasteiger partial charge on any atom is -0.354 e. The predicted octanol–water partition coefficient (Wildman–Crippen LogP) is 2.20. The van der Waals surface area contributed by atoms with Gasteiger partial charge in [0, 0.05) is 39.8 Å². The van der Waals surface area contributed by atoms with Gasteiger partial charge in [-0.3, -0.25) is 4.79 Å². The maximum atomic E-state index is 12.7. The second-order valence-corrected chi connectivity index (χ2v) is 7.82. The summed E-state index contributed by atoms with van der Waals surface area (Å²) in [5.41, 5.74) is 0. The van der Waals surface area contributed by atoms with Gasteiger partial charge in [-0.25, -0.2) is 4.98 Å². The van der Waals surface area contributed by atoms with Gasteiger partial charge in [-0.2, -0.15) is 0 Å². The van der Waals surface area contributed by atoms with Crippen LogP contribution in [-0.4, -0.2) is 67.5 Å². The summed E-state index contributed by atoms with van der Waals surface area (Å²) in [5.74, 6) is 0.150. The van der Waals surface area contributed by atoms with Gasteiger partial charge in [-0.1, -0.05) is 11.3 Å². The lowest BCUT2D eigenvalue weighted by Crippen LogP contribution is -2.52. The standard InChI is InChI=1S/C14H20N4OS2/c1-9-8-17(4)5-6-18(9)13(19)11-7-10-12(20-11)15-14(21-10)16(2)3/h7,9H,5-6,8H2,1-4H3/t9-/m0/s1. The van der Waals surface area contributed by atoms with E-state index in [1.165, 1.54) is 11.3 Å². The highest BCUT2D eigenvalue weighted by molar-refractivity contribution is 7.29. The van der Waals surface area contributed by atoms with Crippen LogP contribution in [0, 0.1) is 0 Å². The normalized spacial score (nSPS) is 20.2. The van der Waals surface area contributed by atoms with Crippen molar-refractivity contribution in [1.29, 1.82) is 0 Å². The fourth-order valence-corrected chi connectivity index (χ4v) is 4.69. The van der Waals surface area contributed by atoms with Crippen LogP contribution in [0.15, 0.2) is 6.07 Å². The van der Waals surface area contributed by atoms with Crippen molar-refractivity contribution in [3.63, 3.8) is 0 Å². The van der Waals surface area contributed by atoms with Crippen molar-refractivity contribution in [2.75, 3.05) is 45.7 Å². The molecule has 1 amide bonds. The zero-order valence-corrected chi connectivity index (χ0v) is 14.4. The highest BCUT2D eigenvalue weighted by Crippen LogP contribution is 2.34. The summed E-state index contributed by atoms with van der Waals surface area (Å²) >= 11 is 3.15. The number of hydrogen-bond acceptors (Lipinski definition) is 6. The van der Waals surface area contributed by atoms with E-state index >= 15 is 0 Å². The highest BCUT2D eigenvalue weighted by Gasteiger charge is 2.28. The SMILES string of the molecule is C[C@H]1CN(C)CCN1C(=O)c1cc2sc(N(C)C)nc2s1. The zero-order valence-electron chi connectivity index (χ0n) is 12.8. The van der Waals surface area contributed by atoms with Crippen molar-refractivity contribution in [3.05, 3.63) is 10.9 Å². The van der Waals surface area contributed by atoms with Gasteiger partial charge in [-0.15, -0.1) is 11.3 Å². The molecule has 1 aliphatic heterocycles. The Morgan fingerprint density at radius 1 is 1.38 bits per heavy atom. The lowest BCUT2D eigenvalue weighted by atomic mass is 10.2. The first-order chi connectivity index (χ1) is 9.95. The quantitative estimate of drug-likeness (QED) is 0.849. The minimum atomic E-state index is 0.150. The van der Waals surface area contributed by atoms with Crippen LogP contribution in [0.2, 0.25) is 0 Å². The van der Waals surface area contributed by atoms with Crippen molar-refractivity contribution in [2.24, 2.45) is 0 Å². The van der Waals surface area contributed by atoms with E-state index in [2.05, 4.69) is 23.9 Å². The first-order valence-electron chi connectivity index (χ1n) is 7.03. The number of anilines is 1. The molecular formula is C14H20N4OS2. The van der Waals surface area contributed by atoms with Crippen molar-refractivity contribution in [3.8, 4) is 0 Å². The average molecular weight is 324 g/mol. The Bertz CT molecular complexity index is 632. The largest absolute Gasteiger partial charge is 0.354 e. The van der Waals surface area contributed by atoms with Gasteiger partial charge in [0.05, 0.1) is 9.58 Å². The molecule has 0 aromatic carbocycles. The molecule has 0 aliphatic carbocycles. The summed E-state index contributed by atoms with van der Waals surface area (Å²) in [5, 5.41) is 0.989. The molecule has 114 valence electrons. The minimum absolute atomic E-state index is 0.150. The Kier molecular flexibility index (Phi) is 3.90. The Balaban J connectivity index is 1.83. The van der Waals surface area contributed by atoms with Gasteiger partial charge in [0.25, 0.3) is 5.91 Å². The molecule has 0 spiro atoms. The predicted molar refractivity (Wildman–Crippen MR) is 89.8 cm³/mol. The number of rotatable bonds is 2. The van der Waals surface area contributed by atoms with E-state index in [4.69, 9.17) is 0 Å². The lowest BCUT2D eigenvalue weighted by molar-refractivity contribution is 0.0538. The number of aromatic nitrogens is 1. The van der Waals surface area contributed by atoms with Crippen LogP contribution in [0.4, 0.5) is 5.13 Å². The molecule has 3 rings (SSSR count). The number of carbonyl (C=O) groups excluding carboxylic acids is 1. The van der Waals surface area contributed by atoms with Crippen LogP contribution in [0.5, 0.6) is 0 Å². The number of fused-ring (bicyclic) bond motifs is 1. The second-order valence-electron chi connectivity index (χ2n) is 5.78. The summed E-state index contributed by atoms with van der Waals surface area (Å²) in [6, 6.07) is 2.26. The zero-order chi connectivity index (χ0) is 15.1. The Morgan fingerprint density at radius 3 is 2.76 bits per heavy atom. The summed E-state index contributed by atoms with van der Waals surface area (Å²) < 4.78 is 1.11. The van der Waals surface area contributed by atoms with E-state index in [0.29, 0.717) is 0 Å². The molecule has 2 aromatic heterocycles. The summed E-state index contributed by atoms with van der Waals surface area (Å²) in [6.07, 6.45) is 0. The maximum absolute atomic E-state index is 12.7. The number of carbonyl (C=O) groups is 1. The van der Waals surface area contributed by atoms with E-state index in [0.717, 1.165) is 39.2 Å². The fourth-order valence-electron chi connectivity index (χ4n) is 2.60. The molecule has 0 N–H and O–H groups in total. The molecule has 0 unspecified atom stereocenters. The molecule has 0 radical (unpaired) electrons. The summed E-state index contributed by atoms with van der Waals surface area (Å²) in [7, 11) is 6.08. The Morgan fingerprint density at radius 2 is 2.14 bits per heavy atom. The lowest BCUT2D eigenvalue weighted by Gasteiger charge is -2.37. The first-order valence-corrected chi connectivity index (χ1v) is 8.66. The Hall–Kier alpha value is -1.18. The molecule has 7 heteroatoms. The van der Waals surface area contributed by atoms with Crippen molar-refractivity contribution >= 4 is 43.2 Å². The third kappa shape index (κ3) is 2.77. The molecule has 1 aliphatic rings. The maximum Gasteiger partial charge on any atom is 0.264 e. The second kappa shape index (κ2) is 5.55. The highest BCUT2D eigenvalue weighted by atomic mass is 32.1. The number of amides is 1.